The van der Waals surface area contributed by atoms with Crippen molar-refractivity contribution < 1.29 is 14.2 Å². The van der Waals surface area contributed by atoms with Crippen LogP contribution in [-0.4, -0.2) is 20.0 Å². The highest BCUT2D eigenvalue weighted by atomic mass is 16.7. The lowest BCUT2D eigenvalue weighted by Gasteiger charge is -2.17. The number of benzene rings is 1. The molecule has 84 valence electrons. The van der Waals surface area contributed by atoms with Crippen molar-refractivity contribution in [3.05, 3.63) is 24.3 Å². The molecule has 0 aromatic heterocycles. The van der Waals surface area contributed by atoms with Crippen LogP contribution in [0.2, 0.25) is 0 Å². The van der Waals surface area contributed by atoms with Crippen molar-refractivity contribution in [2.45, 2.75) is 26.6 Å². The fraction of sp³-hybridized carbons (Fsp3) is 0.500. The second kappa shape index (κ2) is 6.30. The van der Waals surface area contributed by atoms with Crippen molar-refractivity contribution in [3.8, 4) is 11.5 Å². The highest BCUT2D eigenvalue weighted by Crippen LogP contribution is 2.20. The fourth-order valence-electron chi connectivity index (χ4n) is 1.25. The molecule has 0 aliphatic carbocycles. The molecule has 1 rings (SSSR count). The van der Waals surface area contributed by atoms with Gasteiger partial charge in [0.1, 0.15) is 11.5 Å². The minimum Gasteiger partial charge on any atom is -0.497 e. The summed E-state index contributed by atoms with van der Waals surface area (Å²) in [6.45, 7) is 4.64. The fourth-order valence-corrected chi connectivity index (χ4v) is 1.25. The second-order valence-corrected chi connectivity index (χ2v) is 3.09. The summed E-state index contributed by atoms with van der Waals surface area (Å²) < 4.78 is 16.2. The Hall–Kier alpha value is -1.22. The summed E-state index contributed by atoms with van der Waals surface area (Å²) in [5.41, 5.74) is 0. The van der Waals surface area contributed by atoms with Crippen molar-refractivity contribution in [2.24, 2.45) is 0 Å². The number of methoxy groups -OCH3 is 1. The Balaban J connectivity index is 2.61. The Labute approximate surface area is 91.0 Å². The van der Waals surface area contributed by atoms with Crippen LogP contribution in [0.3, 0.4) is 0 Å². The number of hydrogen-bond acceptors (Lipinski definition) is 3. The van der Waals surface area contributed by atoms with Crippen molar-refractivity contribution in [1.82, 2.24) is 0 Å². The van der Waals surface area contributed by atoms with Crippen LogP contribution in [0.15, 0.2) is 24.3 Å². The van der Waals surface area contributed by atoms with Crippen LogP contribution in [0, 0.1) is 0 Å². The Morgan fingerprint density at radius 3 is 2.53 bits per heavy atom. The first-order valence-electron chi connectivity index (χ1n) is 5.22. The van der Waals surface area contributed by atoms with E-state index in [-0.39, 0.29) is 6.29 Å². The van der Waals surface area contributed by atoms with Crippen molar-refractivity contribution >= 4 is 0 Å². The first-order valence-corrected chi connectivity index (χ1v) is 5.22. The minimum atomic E-state index is -0.179. The standard InChI is InChI=1S/C12H18O3/c1-4-12(14-5-2)15-11-8-6-7-10(9-11)13-3/h6-9,12H,4-5H2,1-3H3. The zero-order valence-corrected chi connectivity index (χ0v) is 9.53. The molecule has 1 aromatic rings. The van der Waals surface area contributed by atoms with E-state index in [0.717, 1.165) is 17.9 Å². The van der Waals surface area contributed by atoms with Gasteiger partial charge in [0.05, 0.1) is 7.11 Å². The smallest absolute Gasteiger partial charge is 0.199 e. The molecule has 0 aliphatic rings. The molecule has 0 saturated carbocycles. The van der Waals surface area contributed by atoms with Crippen molar-refractivity contribution in [3.63, 3.8) is 0 Å². The predicted octanol–water partition coefficient (Wildman–Crippen LogP) is 2.85. The van der Waals surface area contributed by atoms with Gasteiger partial charge in [0.25, 0.3) is 0 Å². The van der Waals surface area contributed by atoms with E-state index in [4.69, 9.17) is 14.2 Å². The van der Waals surface area contributed by atoms with Crippen LogP contribution in [0.5, 0.6) is 11.5 Å². The molecule has 3 heteroatoms. The Morgan fingerprint density at radius 1 is 1.20 bits per heavy atom. The molecule has 3 nitrogen and oxygen atoms in total. The molecule has 0 spiro atoms. The van der Waals surface area contributed by atoms with Crippen molar-refractivity contribution in [2.75, 3.05) is 13.7 Å². The quantitative estimate of drug-likeness (QED) is 0.676. The van der Waals surface area contributed by atoms with Gasteiger partial charge in [-0.25, -0.2) is 0 Å². The lowest BCUT2D eigenvalue weighted by Crippen LogP contribution is -2.19. The number of ether oxygens (including phenoxy) is 3. The molecule has 0 fully saturated rings. The molecule has 1 aromatic carbocycles. The molecule has 15 heavy (non-hydrogen) atoms. The number of hydrogen-bond donors (Lipinski definition) is 0. The maximum atomic E-state index is 5.64. The molecule has 0 amide bonds. The lowest BCUT2D eigenvalue weighted by atomic mass is 10.3. The van der Waals surface area contributed by atoms with E-state index in [1.54, 1.807) is 7.11 Å². The molecular weight excluding hydrogens is 192 g/mol. The topological polar surface area (TPSA) is 27.7 Å². The molecule has 0 N–H and O–H groups in total. The monoisotopic (exact) mass is 210 g/mol. The minimum absolute atomic E-state index is 0.179. The maximum Gasteiger partial charge on any atom is 0.199 e. The molecule has 0 radical (unpaired) electrons. The molecule has 0 aliphatic heterocycles. The van der Waals surface area contributed by atoms with Gasteiger partial charge in [0.2, 0.25) is 0 Å². The molecule has 0 heterocycles. The normalized spacial score (nSPS) is 12.2. The lowest BCUT2D eigenvalue weighted by molar-refractivity contribution is -0.0767. The van der Waals surface area contributed by atoms with E-state index in [9.17, 15) is 0 Å². The summed E-state index contributed by atoms with van der Waals surface area (Å²) in [4.78, 5) is 0. The molecule has 1 unspecified atom stereocenters. The summed E-state index contributed by atoms with van der Waals surface area (Å²) in [5.74, 6) is 1.56. The van der Waals surface area contributed by atoms with Crippen molar-refractivity contribution in [1.29, 1.82) is 0 Å². The van der Waals surface area contributed by atoms with Crippen LogP contribution < -0.4 is 9.47 Å². The molecule has 1 atom stereocenters. The van der Waals surface area contributed by atoms with Crippen LogP contribution in [0.1, 0.15) is 20.3 Å². The zero-order valence-electron chi connectivity index (χ0n) is 9.53. The molecule has 0 saturated heterocycles. The Morgan fingerprint density at radius 2 is 1.93 bits per heavy atom. The van der Waals surface area contributed by atoms with E-state index in [0.29, 0.717) is 6.61 Å². The summed E-state index contributed by atoms with van der Waals surface area (Å²) >= 11 is 0. The average molecular weight is 210 g/mol. The van der Waals surface area contributed by atoms with E-state index < -0.39 is 0 Å². The summed E-state index contributed by atoms with van der Waals surface area (Å²) in [6.07, 6.45) is 0.646. The Bertz CT molecular complexity index is 286. The van der Waals surface area contributed by atoms with Gasteiger partial charge in [0, 0.05) is 19.1 Å². The molecule has 0 bridgehead atoms. The third kappa shape index (κ3) is 3.80. The van der Waals surface area contributed by atoms with Gasteiger partial charge in [-0.2, -0.15) is 0 Å². The predicted molar refractivity (Wildman–Crippen MR) is 59.3 cm³/mol. The maximum absolute atomic E-state index is 5.64. The van der Waals surface area contributed by atoms with Crippen LogP contribution in [0.4, 0.5) is 0 Å². The number of rotatable bonds is 6. The first kappa shape index (κ1) is 11.9. The Kier molecular flexibility index (Phi) is 4.98. The van der Waals surface area contributed by atoms with Crippen LogP contribution >= 0.6 is 0 Å². The van der Waals surface area contributed by atoms with Crippen LogP contribution in [-0.2, 0) is 4.74 Å². The average Bonchev–Trinajstić information content (AvgIpc) is 2.29. The van der Waals surface area contributed by atoms with Gasteiger partial charge in [-0.3, -0.25) is 0 Å². The largest absolute Gasteiger partial charge is 0.497 e. The highest BCUT2D eigenvalue weighted by molar-refractivity contribution is 5.32. The third-order valence-electron chi connectivity index (χ3n) is 1.99. The SMILES string of the molecule is CCOC(CC)Oc1cccc(OC)c1. The van der Waals surface area contributed by atoms with E-state index in [1.165, 1.54) is 0 Å². The summed E-state index contributed by atoms with van der Waals surface area (Å²) in [6, 6.07) is 7.52. The van der Waals surface area contributed by atoms with Crippen LogP contribution in [0.25, 0.3) is 0 Å². The zero-order chi connectivity index (χ0) is 11.1. The van der Waals surface area contributed by atoms with Gasteiger partial charge >= 0.3 is 0 Å². The molecular formula is C12H18O3. The van der Waals surface area contributed by atoms with E-state index in [2.05, 4.69) is 0 Å². The van der Waals surface area contributed by atoms with E-state index >= 15 is 0 Å². The van der Waals surface area contributed by atoms with Gasteiger partial charge in [0.15, 0.2) is 6.29 Å². The van der Waals surface area contributed by atoms with Gasteiger partial charge in [-0.05, 0) is 19.1 Å². The highest BCUT2D eigenvalue weighted by Gasteiger charge is 2.07. The summed E-state index contributed by atoms with van der Waals surface area (Å²) in [5, 5.41) is 0. The first-order chi connectivity index (χ1) is 7.30. The second-order valence-electron chi connectivity index (χ2n) is 3.09. The van der Waals surface area contributed by atoms with E-state index in [1.807, 2.05) is 38.1 Å². The van der Waals surface area contributed by atoms with Gasteiger partial charge < -0.3 is 14.2 Å². The summed E-state index contributed by atoms with van der Waals surface area (Å²) in [7, 11) is 1.64. The van der Waals surface area contributed by atoms with Gasteiger partial charge in [-0.1, -0.05) is 13.0 Å². The third-order valence-corrected chi connectivity index (χ3v) is 1.99. The van der Waals surface area contributed by atoms with Gasteiger partial charge in [-0.15, -0.1) is 0 Å².